The molecule has 32 heavy (non-hydrogen) atoms. The molecule has 3 fully saturated rings. The molecule has 0 aromatic rings. The van der Waals surface area contributed by atoms with Gasteiger partial charge in [0, 0.05) is 36.0 Å². The number of hydrogen-bond acceptors (Lipinski definition) is 6. The molecular weight excluding hydrogens is 408 g/mol. The number of carbonyl (C=O) groups is 2. The van der Waals surface area contributed by atoms with Crippen molar-refractivity contribution in [1.29, 1.82) is 0 Å². The summed E-state index contributed by atoms with van der Waals surface area (Å²) in [5.74, 6) is -0.0238. The molecule has 1 N–H and O–H groups in total. The molecule has 6 heteroatoms. The van der Waals surface area contributed by atoms with Gasteiger partial charge in [0.15, 0.2) is 0 Å². The van der Waals surface area contributed by atoms with Gasteiger partial charge in [-0.2, -0.15) is 0 Å². The van der Waals surface area contributed by atoms with Crippen LogP contribution in [0.1, 0.15) is 85.5 Å². The first-order valence-electron chi connectivity index (χ1n) is 12.6. The van der Waals surface area contributed by atoms with E-state index in [9.17, 15) is 14.7 Å². The van der Waals surface area contributed by atoms with Crippen LogP contribution in [-0.2, 0) is 23.8 Å². The lowest BCUT2D eigenvalue weighted by molar-refractivity contribution is -0.213. The lowest BCUT2D eigenvalue weighted by Gasteiger charge is -2.58. The van der Waals surface area contributed by atoms with Gasteiger partial charge in [-0.3, -0.25) is 9.59 Å². The third-order valence-corrected chi connectivity index (χ3v) is 8.87. The molecule has 1 heterocycles. The fourth-order valence-electron chi connectivity index (χ4n) is 6.88. The summed E-state index contributed by atoms with van der Waals surface area (Å²) in [5.41, 5.74) is 0.748. The van der Waals surface area contributed by atoms with E-state index in [0.717, 1.165) is 38.5 Å². The molecule has 6 nitrogen and oxygen atoms in total. The number of hydrogen-bond donors (Lipinski definition) is 1. The van der Waals surface area contributed by atoms with Crippen molar-refractivity contribution in [2.45, 2.75) is 110 Å². The zero-order valence-corrected chi connectivity index (χ0v) is 20.1. The molecule has 4 aliphatic rings. The van der Waals surface area contributed by atoms with Crippen molar-refractivity contribution in [3.05, 3.63) is 11.6 Å². The molecule has 0 spiro atoms. The standard InChI is InChI=1S/C26H40O6/c1-5-7-8-22(29)31-17-11-12-25(3)16(13-17)14-19(27)23-18-9-10-20(32-21(28)6-2)26(18,4)15-30-24(23)25/h14,17-20,23-24,27H,5-13,15H2,1-4H3/t17-,18?,19?,20-,23?,24?,25-,26-/m0/s1. The highest BCUT2D eigenvalue weighted by Crippen LogP contribution is 2.61. The molecule has 3 aliphatic carbocycles. The molecule has 0 bridgehead atoms. The van der Waals surface area contributed by atoms with Gasteiger partial charge in [0.05, 0.1) is 18.8 Å². The van der Waals surface area contributed by atoms with Crippen molar-refractivity contribution in [2.24, 2.45) is 22.7 Å². The topological polar surface area (TPSA) is 82.1 Å². The van der Waals surface area contributed by atoms with E-state index in [4.69, 9.17) is 14.2 Å². The number of ether oxygens (including phenoxy) is 3. The lowest BCUT2D eigenvalue weighted by atomic mass is 9.54. The minimum atomic E-state index is -0.595. The van der Waals surface area contributed by atoms with E-state index in [1.54, 1.807) is 0 Å². The van der Waals surface area contributed by atoms with Gasteiger partial charge in [0.25, 0.3) is 0 Å². The summed E-state index contributed by atoms with van der Waals surface area (Å²) in [6.45, 7) is 8.85. The van der Waals surface area contributed by atoms with E-state index in [1.165, 1.54) is 5.57 Å². The first-order valence-corrected chi connectivity index (χ1v) is 12.6. The second-order valence-corrected chi connectivity index (χ2v) is 10.9. The fourth-order valence-corrected chi connectivity index (χ4v) is 6.88. The Morgan fingerprint density at radius 1 is 1.16 bits per heavy atom. The number of carbonyl (C=O) groups excluding carboxylic acids is 2. The number of aliphatic hydroxyl groups excluding tert-OH is 1. The molecule has 4 unspecified atom stereocenters. The van der Waals surface area contributed by atoms with Crippen molar-refractivity contribution in [2.75, 3.05) is 6.61 Å². The van der Waals surface area contributed by atoms with E-state index in [-0.39, 0.29) is 52.9 Å². The SMILES string of the molecule is CCCCC(=O)O[C@H]1CC[C@@]2(C)C(=CC(O)C3C2OC[C@@]2(C)C3CC[C@@H]2OC(=O)CC)C1. The summed E-state index contributed by atoms with van der Waals surface area (Å²) in [6.07, 6.45) is 7.95. The molecule has 180 valence electrons. The predicted octanol–water partition coefficient (Wildman–Crippen LogP) is 4.33. The molecular formula is C26H40O6. The molecule has 4 rings (SSSR count). The van der Waals surface area contributed by atoms with Gasteiger partial charge in [-0.25, -0.2) is 0 Å². The average Bonchev–Trinajstić information content (AvgIpc) is 3.09. The average molecular weight is 449 g/mol. The fraction of sp³-hybridized carbons (Fsp3) is 0.846. The smallest absolute Gasteiger partial charge is 0.306 e. The zero-order valence-electron chi connectivity index (χ0n) is 20.1. The van der Waals surface area contributed by atoms with E-state index < -0.39 is 6.10 Å². The molecule has 1 aliphatic heterocycles. The van der Waals surface area contributed by atoms with Gasteiger partial charge in [-0.15, -0.1) is 0 Å². The Labute approximate surface area is 192 Å². The van der Waals surface area contributed by atoms with Crippen molar-refractivity contribution in [3.63, 3.8) is 0 Å². The molecule has 0 aromatic heterocycles. The van der Waals surface area contributed by atoms with Gasteiger partial charge in [-0.05, 0) is 38.0 Å². The lowest BCUT2D eigenvalue weighted by Crippen LogP contribution is -2.61. The Morgan fingerprint density at radius 3 is 2.66 bits per heavy atom. The molecule has 0 aromatic carbocycles. The summed E-state index contributed by atoms with van der Waals surface area (Å²) in [5, 5.41) is 11.2. The summed E-state index contributed by atoms with van der Waals surface area (Å²) in [4.78, 5) is 24.1. The highest BCUT2D eigenvalue weighted by atomic mass is 16.6. The van der Waals surface area contributed by atoms with Crippen LogP contribution >= 0.6 is 0 Å². The van der Waals surface area contributed by atoms with Gasteiger partial charge >= 0.3 is 11.9 Å². The summed E-state index contributed by atoms with van der Waals surface area (Å²) < 4.78 is 18.1. The minimum absolute atomic E-state index is 0.00326. The van der Waals surface area contributed by atoms with E-state index in [2.05, 4.69) is 20.8 Å². The highest BCUT2D eigenvalue weighted by Gasteiger charge is 2.62. The Hall–Kier alpha value is -1.40. The van der Waals surface area contributed by atoms with Crippen LogP contribution in [-0.4, -0.2) is 48.1 Å². The molecule has 0 amide bonds. The minimum Gasteiger partial charge on any atom is -0.462 e. The van der Waals surface area contributed by atoms with Crippen LogP contribution in [0.3, 0.4) is 0 Å². The highest BCUT2D eigenvalue weighted by molar-refractivity contribution is 5.69. The summed E-state index contributed by atoms with van der Waals surface area (Å²) in [6, 6.07) is 0. The number of fused-ring (bicyclic) bond motifs is 5. The van der Waals surface area contributed by atoms with Crippen LogP contribution in [0.5, 0.6) is 0 Å². The normalized spacial score (nSPS) is 42.8. The second-order valence-electron chi connectivity index (χ2n) is 10.9. The van der Waals surface area contributed by atoms with Crippen LogP contribution in [0, 0.1) is 22.7 Å². The summed E-state index contributed by atoms with van der Waals surface area (Å²) in [7, 11) is 0. The maximum absolute atomic E-state index is 12.1. The van der Waals surface area contributed by atoms with Crippen LogP contribution in [0.4, 0.5) is 0 Å². The van der Waals surface area contributed by atoms with Gasteiger partial charge < -0.3 is 19.3 Å². The van der Waals surface area contributed by atoms with Crippen LogP contribution < -0.4 is 0 Å². The third kappa shape index (κ3) is 4.02. The number of rotatable bonds is 6. The van der Waals surface area contributed by atoms with Crippen molar-refractivity contribution in [1.82, 2.24) is 0 Å². The maximum atomic E-state index is 12.1. The van der Waals surface area contributed by atoms with E-state index in [0.29, 0.717) is 25.9 Å². The first-order chi connectivity index (χ1) is 15.2. The zero-order chi connectivity index (χ0) is 23.1. The second kappa shape index (κ2) is 9.09. The number of esters is 2. The predicted molar refractivity (Wildman–Crippen MR) is 120 cm³/mol. The van der Waals surface area contributed by atoms with Crippen LogP contribution in [0.2, 0.25) is 0 Å². The number of unbranched alkanes of at least 4 members (excludes halogenated alkanes) is 1. The Morgan fingerprint density at radius 2 is 1.94 bits per heavy atom. The Kier molecular flexibility index (Phi) is 6.75. The van der Waals surface area contributed by atoms with Crippen molar-refractivity contribution < 1.29 is 28.9 Å². The molecule has 8 atom stereocenters. The van der Waals surface area contributed by atoms with Gasteiger partial charge in [0.1, 0.15) is 12.2 Å². The quantitative estimate of drug-likeness (QED) is 0.481. The monoisotopic (exact) mass is 448 g/mol. The first kappa shape index (κ1) is 23.7. The maximum Gasteiger partial charge on any atom is 0.306 e. The Balaban J connectivity index is 1.51. The molecule has 0 radical (unpaired) electrons. The van der Waals surface area contributed by atoms with Crippen LogP contribution in [0.25, 0.3) is 0 Å². The number of aliphatic hydroxyl groups is 1. The third-order valence-electron chi connectivity index (χ3n) is 8.87. The van der Waals surface area contributed by atoms with Crippen LogP contribution in [0.15, 0.2) is 11.6 Å². The van der Waals surface area contributed by atoms with Crippen molar-refractivity contribution in [3.8, 4) is 0 Å². The molecule has 1 saturated heterocycles. The van der Waals surface area contributed by atoms with E-state index >= 15 is 0 Å². The van der Waals surface area contributed by atoms with Gasteiger partial charge in [0.2, 0.25) is 0 Å². The van der Waals surface area contributed by atoms with Crippen molar-refractivity contribution >= 4 is 11.9 Å². The largest absolute Gasteiger partial charge is 0.462 e. The van der Waals surface area contributed by atoms with E-state index in [1.807, 2.05) is 13.0 Å². The summed E-state index contributed by atoms with van der Waals surface area (Å²) >= 11 is 0. The molecule has 2 saturated carbocycles. The van der Waals surface area contributed by atoms with Gasteiger partial charge in [-0.1, -0.05) is 45.8 Å². The Bertz CT molecular complexity index is 761.